The maximum Gasteiger partial charge on any atom is 0.350 e. The normalized spacial score (nSPS) is 10.8. The molecule has 0 aliphatic heterocycles. The van der Waals surface area contributed by atoms with Crippen molar-refractivity contribution in [3.63, 3.8) is 0 Å². The Morgan fingerprint density at radius 3 is 2.73 bits per heavy atom. The van der Waals surface area contributed by atoms with Crippen molar-refractivity contribution in [3.8, 4) is 0 Å². The minimum absolute atomic E-state index is 0.148. The van der Waals surface area contributed by atoms with E-state index in [1.807, 2.05) is 13.8 Å². The highest BCUT2D eigenvalue weighted by molar-refractivity contribution is 9.10. The first kappa shape index (κ1) is 20.3. The second-order valence-electron chi connectivity index (χ2n) is 6.25. The van der Waals surface area contributed by atoms with Crippen LogP contribution in [0, 0.1) is 19.8 Å². The SMILES string of the molecule is Cc1nc(NC(=O)Cn2cc(Br)cc(C)c2=O)sc1C(=O)OCC(C)C. The highest BCUT2D eigenvalue weighted by Crippen LogP contribution is 2.23. The van der Waals surface area contributed by atoms with Gasteiger partial charge in [0.1, 0.15) is 11.4 Å². The summed E-state index contributed by atoms with van der Waals surface area (Å²) in [6.45, 7) is 7.43. The number of amides is 1. The number of nitrogens with zero attached hydrogens (tertiary/aromatic N) is 2. The summed E-state index contributed by atoms with van der Waals surface area (Å²) < 4.78 is 7.22. The van der Waals surface area contributed by atoms with Gasteiger partial charge in [-0.2, -0.15) is 0 Å². The van der Waals surface area contributed by atoms with Gasteiger partial charge >= 0.3 is 5.97 Å². The van der Waals surface area contributed by atoms with E-state index in [-0.39, 0.29) is 18.0 Å². The number of nitrogens with one attached hydrogen (secondary N) is 1. The molecule has 0 unspecified atom stereocenters. The number of esters is 1. The van der Waals surface area contributed by atoms with E-state index >= 15 is 0 Å². The number of hydrogen-bond acceptors (Lipinski definition) is 6. The molecule has 0 fully saturated rings. The first-order chi connectivity index (χ1) is 12.2. The number of aromatic nitrogens is 2. The average Bonchev–Trinajstić information content (AvgIpc) is 2.90. The number of anilines is 1. The van der Waals surface area contributed by atoms with Crippen LogP contribution in [0.1, 0.15) is 34.8 Å². The lowest BCUT2D eigenvalue weighted by atomic mass is 10.2. The summed E-state index contributed by atoms with van der Waals surface area (Å²) in [6, 6.07) is 1.69. The standard InChI is InChI=1S/C17H20BrN3O4S/c1-9(2)8-25-16(24)14-11(4)19-17(26-14)20-13(22)7-21-6-12(18)5-10(3)15(21)23/h5-6,9H,7-8H2,1-4H3,(H,19,20,22). The summed E-state index contributed by atoms with van der Waals surface area (Å²) in [5.74, 6) is -0.619. The smallest absolute Gasteiger partial charge is 0.350 e. The number of aryl methyl sites for hydroxylation is 2. The Bertz CT molecular complexity index is 889. The van der Waals surface area contributed by atoms with Crippen LogP contribution in [0.2, 0.25) is 0 Å². The van der Waals surface area contributed by atoms with Crippen LogP contribution in [-0.4, -0.2) is 28.0 Å². The van der Waals surface area contributed by atoms with E-state index < -0.39 is 11.9 Å². The number of ether oxygens (including phenoxy) is 1. The van der Waals surface area contributed by atoms with Gasteiger partial charge in [-0.1, -0.05) is 25.2 Å². The van der Waals surface area contributed by atoms with E-state index in [0.29, 0.717) is 32.3 Å². The van der Waals surface area contributed by atoms with Crippen molar-refractivity contribution in [3.05, 3.63) is 43.2 Å². The average molecular weight is 442 g/mol. The van der Waals surface area contributed by atoms with Crippen molar-refractivity contribution < 1.29 is 14.3 Å². The molecular weight excluding hydrogens is 422 g/mol. The summed E-state index contributed by atoms with van der Waals surface area (Å²) >= 11 is 4.36. The Hall–Kier alpha value is -2.00. The Labute approximate surface area is 163 Å². The van der Waals surface area contributed by atoms with Crippen LogP contribution in [0.25, 0.3) is 0 Å². The number of pyridine rings is 1. The first-order valence-corrected chi connectivity index (χ1v) is 9.59. The lowest BCUT2D eigenvalue weighted by Gasteiger charge is -2.07. The van der Waals surface area contributed by atoms with E-state index in [9.17, 15) is 14.4 Å². The molecule has 2 rings (SSSR count). The molecular formula is C17H20BrN3O4S. The molecule has 0 aliphatic carbocycles. The van der Waals surface area contributed by atoms with Gasteiger partial charge in [0.05, 0.1) is 12.3 Å². The second-order valence-corrected chi connectivity index (χ2v) is 8.16. The number of carbonyl (C=O) groups excluding carboxylic acids is 2. The molecule has 0 radical (unpaired) electrons. The molecule has 0 spiro atoms. The zero-order chi connectivity index (χ0) is 19.4. The lowest BCUT2D eigenvalue weighted by Crippen LogP contribution is -2.28. The topological polar surface area (TPSA) is 90.3 Å². The zero-order valence-electron chi connectivity index (χ0n) is 15.0. The van der Waals surface area contributed by atoms with Gasteiger partial charge in [0, 0.05) is 16.2 Å². The number of halogens is 1. The van der Waals surface area contributed by atoms with Gasteiger partial charge in [0.2, 0.25) is 5.91 Å². The molecule has 0 bridgehead atoms. The fraction of sp³-hybridized carbons (Fsp3) is 0.412. The van der Waals surface area contributed by atoms with Gasteiger partial charge < -0.3 is 14.6 Å². The highest BCUT2D eigenvalue weighted by atomic mass is 79.9. The second kappa shape index (κ2) is 8.59. The summed E-state index contributed by atoms with van der Waals surface area (Å²) in [5, 5.41) is 2.92. The third kappa shape index (κ3) is 5.25. The zero-order valence-corrected chi connectivity index (χ0v) is 17.4. The van der Waals surface area contributed by atoms with Gasteiger partial charge in [0.25, 0.3) is 5.56 Å². The van der Waals surface area contributed by atoms with Gasteiger partial charge in [-0.05, 0) is 41.8 Å². The molecule has 2 aromatic rings. The largest absolute Gasteiger partial charge is 0.461 e. The van der Waals surface area contributed by atoms with E-state index in [1.165, 1.54) is 4.57 Å². The minimum Gasteiger partial charge on any atom is -0.461 e. The molecule has 0 saturated heterocycles. The maximum absolute atomic E-state index is 12.2. The summed E-state index contributed by atoms with van der Waals surface area (Å²) in [6.07, 6.45) is 1.55. The molecule has 2 heterocycles. The number of carbonyl (C=O) groups is 2. The van der Waals surface area contributed by atoms with Crippen molar-refractivity contribution in [1.82, 2.24) is 9.55 Å². The molecule has 2 aromatic heterocycles. The van der Waals surface area contributed by atoms with Crippen LogP contribution in [0.4, 0.5) is 5.13 Å². The molecule has 140 valence electrons. The highest BCUT2D eigenvalue weighted by Gasteiger charge is 2.18. The fourth-order valence-corrected chi connectivity index (χ4v) is 3.58. The monoisotopic (exact) mass is 441 g/mol. The predicted molar refractivity (Wildman–Crippen MR) is 104 cm³/mol. The Morgan fingerprint density at radius 1 is 1.38 bits per heavy atom. The minimum atomic E-state index is -0.451. The molecule has 1 N–H and O–H groups in total. The molecule has 0 aromatic carbocycles. The van der Waals surface area contributed by atoms with Crippen LogP contribution in [0.3, 0.4) is 0 Å². The molecule has 7 nitrogen and oxygen atoms in total. The van der Waals surface area contributed by atoms with Gasteiger partial charge in [-0.3, -0.25) is 9.59 Å². The summed E-state index contributed by atoms with van der Waals surface area (Å²) in [7, 11) is 0. The molecule has 9 heteroatoms. The number of hydrogen-bond donors (Lipinski definition) is 1. The first-order valence-electron chi connectivity index (χ1n) is 7.98. The molecule has 26 heavy (non-hydrogen) atoms. The Kier molecular flexibility index (Phi) is 6.71. The molecule has 1 amide bonds. The van der Waals surface area contributed by atoms with E-state index in [0.717, 1.165) is 11.3 Å². The third-order valence-corrected chi connectivity index (χ3v) is 4.81. The van der Waals surface area contributed by atoms with Gasteiger partial charge in [-0.15, -0.1) is 0 Å². The summed E-state index contributed by atoms with van der Waals surface area (Å²) in [4.78, 5) is 40.9. The van der Waals surface area contributed by atoms with Gasteiger partial charge in [0.15, 0.2) is 5.13 Å². The third-order valence-electron chi connectivity index (χ3n) is 3.32. The van der Waals surface area contributed by atoms with Gasteiger partial charge in [-0.25, -0.2) is 9.78 Å². The van der Waals surface area contributed by atoms with Crippen molar-refractivity contribution in [2.75, 3.05) is 11.9 Å². The van der Waals surface area contributed by atoms with E-state index in [2.05, 4.69) is 26.2 Å². The quantitative estimate of drug-likeness (QED) is 0.695. The fourth-order valence-electron chi connectivity index (χ4n) is 2.12. The van der Waals surface area contributed by atoms with Crippen LogP contribution in [0.15, 0.2) is 21.5 Å². The van der Waals surface area contributed by atoms with Crippen molar-refractivity contribution in [1.29, 1.82) is 0 Å². The maximum atomic E-state index is 12.2. The number of rotatable bonds is 6. The molecule has 0 saturated carbocycles. The van der Waals surface area contributed by atoms with Crippen molar-refractivity contribution >= 4 is 44.3 Å². The predicted octanol–water partition coefficient (Wildman–Crippen LogP) is 3.14. The van der Waals surface area contributed by atoms with Crippen LogP contribution < -0.4 is 10.9 Å². The van der Waals surface area contributed by atoms with Crippen LogP contribution in [-0.2, 0) is 16.1 Å². The Balaban J connectivity index is 2.07. The van der Waals surface area contributed by atoms with E-state index in [4.69, 9.17) is 4.74 Å². The van der Waals surface area contributed by atoms with Crippen molar-refractivity contribution in [2.24, 2.45) is 5.92 Å². The van der Waals surface area contributed by atoms with Crippen molar-refractivity contribution in [2.45, 2.75) is 34.2 Å². The van der Waals surface area contributed by atoms with E-state index in [1.54, 1.807) is 26.1 Å². The number of thiazole rings is 1. The van der Waals surface area contributed by atoms with Crippen LogP contribution in [0.5, 0.6) is 0 Å². The Morgan fingerprint density at radius 2 is 2.08 bits per heavy atom. The summed E-state index contributed by atoms with van der Waals surface area (Å²) in [5.41, 5.74) is 0.790. The lowest BCUT2D eigenvalue weighted by molar-refractivity contribution is -0.116. The molecule has 0 atom stereocenters. The van der Waals surface area contributed by atoms with Crippen LogP contribution >= 0.6 is 27.3 Å². The molecule has 0 aliphatic rings.